The second-order valence-electron chi connectivity index (χ2n) is 5.82. The first kappa shape index (κ1) is 17.0. The van der Waals surface area contributed by atoms with Gasteiger partial charge in [-0.1, -0.05) is 18.2 Å². The average Bonchev–Trinajstić information content (AvgIpc) is 3.21. The Bertz CT molecular complexity index is 815. The molecule has 128 valence electrons. The van der Waals surface area contributed by atoms with Crippen LogP contribution in [0.15, 0.2) is 41.8 Å². The van der Waals surface area contributed by atoms with Crippen molar-refractivity contribution < 1.29 is 17.9 Å². The van der Waals surface area contributed by atoms with Crippen LogP contribution in [0.2, 0.25) is 0 Å². The Morgan fingerprint density at radius 2 is 2.17 bits per heavy atom. The topological polar surface area (TPSA) is 63.7 Å². The lowest BCUT2D eigenvalue weighted by Crippen LogP contribution is -2.40. The Labute approximate surface area is 145 Å². The van der Waals surface area contributed by atoms with E-state index < -0.39 is 9.84 Å². The van der Waals surface area contributed by atoms with E-state index in [4.69, 9.17) is 4.74 Å². The van der Waals surface area contributed by atoms with Gasteiger partial charge in [0.2, 0.25) is 0 Å². The predicted octanol–water partition coefficient (Wildman–Crippen LogP) is 2.59. The van der Waals surface area contributed by atoms with Gasteiger partial charge in [-0.15, -0.1) is 11.3 Å². The van der Waals surface area contributed by atoms with Crippen LogP contribution in [0.25, 0.3) is 0 Å². The van der Waals surface area contributed by atoms with Crippen molar-refractivity contribution in [2.45, 2.75) is 19.0 Å². The zero-order chi connectivity index (χ0) is 17.2. The SMILES string of the molecule is COc1cccc(CN(C(=O)c2cccs2)[C@H]2CCS(=O)(=O)C2)c1. The number of methoxy groups -OCH3 is 1. The molecule has 0 N–H and O–H groups in total. The first-order valence-corrected chi connectivity index (χ1v) is 10.4. The molecule has 0 bridgehead atoms. The Kier molecular flexibility index (Phi) is 4.91. The van der Waals surface area contributed by atoms with Gasteiger partial charge in [0.1, 0.15) is 5.75 Å². The van der Waals surface area contributed by atoms with Gasteiger partial charge in [-0.2, -0.15) is 0 Å². The van der Waals surface area contributed by atoms with Gasteiger partial charge in [0.05, 0.1) is 23.5 Å². The molecule has 1 fully saturated rings. The number of amides is 1. The smallest absolute Gasteiger partial charge is 0.264 e. The molecular formula is C17H19NO4S2. The molecular weight excluding hydrogens is 346 g/mol. The second-order valence-corrected chi connectivity index (χ2v) is 9.00. The molecule has 1 amide bonds. The molecule has 5 nitrogen and oxygen atoms in total. The summed E-state index contributed by atoms with van der Waals surface area (Å²) in [4.78, 5) is 15.2. The molecule has 1 aromatic heterocycles. The number of nitrogens with zero attached hydrogens (tertiary/aromatic N) is 1. The fourth-order valence-electron chi connectivity index (χ4n) is 2.90. The number of thiophene rings is 1. The zero-order valence-corrected chi connectivity index (χ0v) is 15.0. The molecule has 24 heavy (non-hydrogen) atoms. The van der Waals surface area contributed by atoms with Crippen molar-refractivity contribution in [1.29, 1.82) is 0 Å². The fourth-order valence-corrected chi connectivity index (χ4v) is 5.31. The molecule has 0 unspecified atom stereocenters. The maximum Gasteiger partial charge on any atom is 0.264 e. The van der Waals surface area contributed by atoms with E-state index in [9.17, 15) is 13.2 Å². The van der Waals surface area contributed by atoms with Crippen LogP contribution in [0.1, 0.15) is 21.7 Å². The van der Waals surface area contributed by atoms with Crippen molar-refractivity contribution in [2.75, 3.05) is 18.6 Å². The van der Waals surface area contributed by atoms with Crippen molar-refractivity contribution in [3.05, 3.63) is 52.2 Å². The van der Waals surface area contributed by atoms with Gasteiger partial charge in [0.25, 0.3) is 5.91 Å². The summed E-state index contributed by atoms with van der Waals surface area (Å²) in [6, 6.07) is 10.8. The van der Waals surface area contributed by atoms with Gasteiger partial charge in [-0.3, -0.25) is 4.79 Å². The Morgan fingerprint density at radius 1 is 1.33 bits per heavy atom. The van der Waals surface area contributed by atoms with E-state index >= 15 is 0 Å². The van der Waals surface area contributed by atoms with Crippen molar-refractivity contribution in [1.82, 2.24) is 4.90 Å². The summed E-state index contributed by atoms with van der Waals surface area (Å²) in [7, 11) is -1.47. The van der Waals surface area contributed by atoms with Gasteiger partial charge in [-0.05, 0) is 35.6 Å². The number of hydrogen-bond acceptors (Lipinski definition) is 5. The third-order valence-electron chi connectivity index (χ3n) is 4.13. The van der Waals surface area contributed by atoms with Crippen molar-refractivity contribution in [2.24, 2.45) is 0 Å². The van der Waals surface area contributed by atoms with E-state index in [1.165, 1.54) is 11.3 Å². The third kappa shape index (κ3) is 3.79. The largest absolute Gasteiger partial charge is 0.497 e. The summed E-state index contributed by atoms with van der Waals surface area (Å²) in [5, 5.41) is 1.85. The van der Waals surface area contributed by atoms with Crippen LogP contribution in [0.3, 0.4) is 0 Å². The lowest BCUT2D eigenvalue weighted by atomic mass is 10.1. The van der Waals surface area contributed by atoms with Crippen LogP contribution >= 0.6 is 11.3 Å². The van der Waals surface area contributed by atoms with Gasteiger partial charge in [0.15, 0.2) is 9.84 Å². The van der Waals surface area contributed by atoms with E-state index in [-0.39, 0.29) is 23.5 Å². The first-order valence-electron chi connectivity index (χ1n) is 7.66. The molecule has 0 radical (unpaired) electrons. The quantitative estimate of drug-likeness (QED) is 0.817. The Balaban J connectivity index is 1.88. The molecule has 1 saturated heterocycles. The summed E-state index contributed by atoms with van der Waals surface area (Å²) in [6.07, 6.45) is 0.490. The van der Waals surface area contributed by atoms with Gasteiger partial charge in [-0.25, -0.2) is 8.42 Å². The van der Waals surface area contributed by atoms with E-state index in [0.29, 0.717) is 17.8 Å². The second kappa shape index (κ2) is 6.94. The van der Waals surface area contributed by atoms with Crippen molar-refractivity contribution in [3.8, 4) is 5.75 Å². The molecule has 0 spiro atoms. The Morgan fingerprint density at radius 3 is 2.79 bits per heavy atom. The van der Waals surface area contributed by atoms with E-state index in [1.807, 2.05) is 35.7 Å². The molecule has 0 saturated carbocycles. The minimum absolute atomic E-state index is 0.0358. The molecule has 1 aliphatic heterocycles. The standard InChI is InChI=1S/C17H19NO4S2/c1-22-15-5-2-4-13(10-15)11-18(14-7-9-24(20,21)12-14)17(19)16-6-3-8-23-16/h2-6,8,10,14H,7,9,11-12H2,1H3/t14-/m0/s1. The van der Waals surface area contributed by atoms with Gasteiger partial charge >= 0.3 is 0 Å². The predicted molar refractivity (Wildman–Crippen MR) is 94.2 cm³/mol. The highest BCUT2D eigenvalue weighted by atomic mass is 32.2. The number of carbonyl (C=O) groups excluding carboxylic acids is 1. The molecule has 7 heteroatoms. The minimum Gasteiger partial charge on any atom is -0.497 e. The highest BCUT2D eigenvalue weighted by molar-refractivity contribution is 7.91. The summed E-state index contributed by atoms with van der Waals surface area (Å²) >= 11 is 1.37. The zero-order valence-electron chi connectivity index (χ0n) is 13.3. The van der Waals surface area contributed by atoms with Crippen LogP contribution in [-0.2, 0) is 16.4 Å². The lowest BCUT2D eigenvalue weighted by Gasteiger charge is -2.28. The highest BCUT2D eigenvalue weighted by Crippen LogP contribution is 2.24. The highest BCUT2D eigenvalue weighted by Gasteiger charge is 2.35. The summed E-state index contributed by atoms with van der Waals surface area (Å²) in [6.45, 7) is 0.369. The normalized spacial score (nSPS) is 19.1. The third-order valence-corrected chi connectivity index (χ3v) is 6.74. The monoisotopic (exact) mass is 365 g/mol. The summed E-state index contributed by atoms with van der Waals surface area (Å²) in [5.41, 5.74) is 0.920. The number of ether oxygens (including phenoxy) is 1. The van der Waals surface area contributed by atoms with Gasteiger partial charge in [0, 0.05) is 12.6 Å². The average molecular weight is 365 g/mol. The lowest BCUT2D eigenvalue weighted by molar-refractivity contribution is 0.0686. The summed E-state index contributed by atoms with van der Waals surface area (Å²) in [5.74, 6) is 0.780. The van der Waals surface area contributed by atoms with Crippen LogP contribution in [0.4, 0.5) is 0 Å². The minimum atomic E-state index is -3.06. The van der Waals surface area contributed by atoms with Crippen LogP contribution in [-0.4, -0.2) is 43.9 Å². The van der Waals surface area contributed by atoms with Crippen LogP contribution in [0, 0.1) is 0 Å². The fraction of sp³-hybridized carbons (Fsp3) is 0.353. The molecule has 1 aliphatic rings. The molecule has 2 aromatic rings. The van der Waals surface area contributed by atoms with Crippen molar-refractivity contribution >= 4 is 27.1 Å². The molecule has 0 aliphatic carbocycles. The molecule has 1 aromatic carbocycles. The van der Waals surface area contributed by atoms with E-state index in [1.54, 1.807) is 18.1 Å². The van der Waals surface area contributed by atoms with Crippen LogP contribution in [0.5, 0.6) is 5.75 Å². The van der Waals surface area contributed by atoms with Crippen LogP contribution < -0.4 is 4.74 Å². The molecule has 2 heterocycles. The maximum absolute atomic E-state index is 12.9. The van der Waals surface area contributed by atoms with E-state index in [0.717, 1.165) is 11.3 Å². The maximum atomic E-state index is 12.9. The number of carbonyl (C=O) groups is 1. The number of sulfone groups is 1. The van der Waals surface area contributed by atoms with E-state index in [2.05, 4.69) is 0 Å². The molecule has 1 atom stereocenters. The summed E-state index contributed by atoms with van der Waals surface area (Å²) < 4.78 is 28.9. The molecule has 3 rings (SSSR count). The first-order chi connectivity index (χ1) is 11.5. The Hall–Kier alpha value is -1.86. The number of rotatable bonds is 5. The van der Waals surface area contributed by atoms with Crippen molar-refractivity contribution in [3.63, 3.8) is 0 Å². The van der Waals surface area contributed by atoms with Gasteiger partial charge < -0.3 is 9.64 Å². The number of benzene rings is 1. The number of hydrogen-bond donors (Lipinski definition) is 0.